The van der Waals surface area contributed by atoms with Gasteiger partial charge in [0.1, 0.15) is 5.69 Å². The standard InChI is InChI=1S/C11H15F3N4/c1-7(2)5-17-10(15)18-8-3-4-9(16-6-8)11(12,13)14/h3-4,6-7H,5H2,1-2H3,(H3,15,17,18). The maximum absolute atomic E-state index is 12.3. The van der Waals surface area contributed by atoms with Crippen molar-refractivity contribution in [3.8, 4) is 0 Å². The van der Waals surface area contributed by atoms with Gasteiger partial charge in [-0.3, -0.25) is 4.99 Å². The summed E-state index contributed by atoms with van der Waals surface area (Å²) in [5.74, 6) is 0.515. The zero-order chi connectivity index (χ0) is 13.8. The first kappa shape index (κ1) is 14.3. The Balaban J connectivity index is 2.67. The summed E-state index contributed by atoms with van der Waals surface area (Å²) in [4.78, 5) is 7.32. The van der Waals surface area contributed by atoms with Crippen molar-refractivity contribution in [1.29, 1.82) is 0 Å². The Kier molecular flexibility index (Phi) is 4.52. The highest BCUT2D eigenvalue weighted by atomic mass is 19.4. The SMILES string of the molecule is CC(C)CN=C(N)Nc1ccc(C(F)(F)F)nc1. The van der Waals surface area contributed by atoms with E-state index in [2.05, 4.69) is 15.3 Å². The van der Waals surface area contributed by atoms with Gasteiger partial charge in [-0.2, -0.15) is 13.2 Å². The molecule has 100 valence electrons. The largest absolute Gasteiger partial charge is 0.433 e. The van der Waals surface area contributed by atoms with Crippen LogP contribution in [0.4, 0.5) is 18.9 Å². The molecule has 0 aliphatic heterocycles. The zero-order valence-electron chi connectivity index (χ0n) is 10.1. The molecule has 0 unspecified atom stereocenters. The molecule has 18 heavy (non-hydrogen) atoms. The van der Waals surface area contributed by atoms with Gasteiger partial charge in [-0.1, -0.05) is 13.8 Å². The molecule has 3 N–H and O–H groups in total. The summed E-state index contributed by atoms with van der Waals surface area (Å²) in [5.41, 5.74) is 5.00. The smallest absolute Gasteiger partial charge is 0.370 e. The molecule has 0 aliphatic rings. The van der Waals surface area contributed by atoms with E-state index in [-0.39, 0.29) is 5.96 Å². The van der Waals surface area contributed by atoms with Gasteiger partial charge < -0.3 is 11.1 Å². The lowest BCUT2D eigenvalue weighted by Gasteiger charge is -2.08. The molecule has 0 spiro atoms. The molecular weight excluding hydrogens is 245 g/mol. The van der Waals surface area contributed by atoms with Gasteiger partial charge in [-0.25, -0.2) is 4.98 Å². The Hall–Kier alpha value is -1.79. The van der Waals surface area contributed by atoms with Gasteiger partial charge in [-0.05, 0) is 18.1 Å². The molecule has 1 rings (SSSR count). The number of guanidine groups is 1. The van der Waals surface area contributed by atoms with E-state index in [1.54, 1.807) is 0 Å². The zero-order valence-corrected chi connectivity index (χ0v) is 10.1. The molecule has 1 aromatic heterocycles. The number of aromatic nitrogens is 1. The van der Waals surface area contributed by atoms with Crippen LogP contribution in [-0.4, -0.2) is 17.5 Å². The molecule has 0 fully saturated rings. The Morgan fingerprint density at radius 1 is 1.44 bits per heavy atom. The Morgan fingerprint density at radius 2 is 2.11 bits per heavy atom. The third-order valence-corrected chi connectivity index (χ3v) is 1.95. The van der Waals surface area contributed by atoms with Crippen LogP contribution in [0, 0.1) is 5.92 Å². The molecule has 4 nitrogen and oxygen atoms in total. The minimum absolute atomic E-state index is 0.158. The summed E-state index contributed by atoms with van der Waals surface area (Å²) >= 11 is 0. The van der Waals surface area contributed by atoms with Crippen LogP contribution in [-0.2, 0) is 6.18 Å². The molecule has 1 aromatic rings. The van der Waals surface area contributed by atoms with Crippen LogP contribution in [0.2, 0.25) is 0 Å². The van der Waals surface area contributed by atoms with Crippen molar-refractivity contribution in [2.24, 2.45) is 16.6 Å². The molecule has 0 bridgehead atoms. The van der Waals surface area contributed by atoms with Crippen LogP contribution < -0.4 is 11.1 Å². The van der Waals surface area contributed by atoms with Crippen molar-refractivity contribution >= 4 is 11.6 Å². The number of hydrogen-bond donors (Lipinski definition) is 2. The third-order valence-electron chi connectivity index (χ3n) is 1.95. The molecule has 0 radical (unpaired) electrons. The van der Waals surface area contributed by atoms with Gasteiger partial charge in [0.25, 0.3) is 0 Å². The monoisotopic (exact) mass is 260 g/mol. The van der Waals surface area contributed by atoms with Crippen molar-refractivity contribution in [3.63, 3.8) is 0 Å². The molecule has 0 saturated heterocycles. The minimum Gasteiger partial charge on any atom is -0.370 e. The first-order valence-electron chi connectivity index (χ1n) is 5.39. The van der Waals surface area contributed by atoms with E-state index in [0.29, 0.717) is 18.2 Å². The summed E-state index contributed by atoms with van der Waals surface area (Å²) in [7, 11) is 0. The van der Waals surface area contributed by atoms with Crippen molar-refractivity contribution in [1.82, 2.24) is 4.98 Å². The Morgan fingerprint density at radius 3 is 2.56 bits per heavy atom. The second-order valence-corrected chi connectivity index (χ2v) is 4.17. The van der Waals surface area contributed by atoms with Crippen LogP contribution in [0.3, 0.4) is 0 Å². The number of nitrogens with one attached hydrogen (secondary N) is 1. The van der Waals surface area contributed by atoms with E-state index < -0.39 is 11.9 Å². The van der Waals surface area contributed by atoms with Gasteiger partial charge >= 0.3 is 6.18 Å². The van der Waals surface area contributed by atoms with E-state index in [0.717, 1.165) is 12.3 Å². The fourth-order valence-electron chi connectivity index (χ4n) is 1.10. The van der Waals surface area contributed by atoms with Crippen molar-refractivity contribution in [2.75, 3.05) is 11.9 Å². The number of nitrogens with zero attached hydrogens (tertiary/aromatic N) is 2. The summed E-state index contributed by atoms with van der Waals surface area (Å²) in [5, 5.41) is 2.67. The lowest BCUT2D eigenvalue weighted by molar-refractivity contribution is -0.141. The predicted octanol–water partition coefficient (Wildman–Crippen LogP) is 2.48. The van der Waals surface area contributed by atoms with Gasteiger partial charge in [0.15, 0.2) is 5.96 Å². The fraction of sp³-hybridized carbons (Fsp3) is 0.455. The maximum atomic E-state index is 12.3. The predicted molar refractivity (Wildman–Crippen MR) is 64.2 cm³/mol. The second-order valence-electron chi connectivity index (χ2n) is 4.17. The lowest BCUT2D eigenvalue weighted by Crippen LogP contribution is -2.23. The van der Waals surface area contributed by atoms with E-state index in [1.165, 1.54) is 6.07 Å². The van der Waals surface area contributed by atoms with Crippen LogP contribution >= 0.6 is 0 Å². The number of hydrogen-bond acceptors (Lipinski definition) is 2. The number of anilines is 1. The summed E-state index contributed by atoms with van der Waals surface area (Å²) in [6.45, 7) is 4.51. The summed E-state index contributed by atoms with van der Waals surface area (Å²) in [6.07, 6.45) is -3.36. The summed E-state index contributed by atoms with van der Waals surface area (Å²) in [6, 6.07) is 2.14. The number of nitrogens with two attached hydrogens (primary N) is 1. The van der Waals surface area contributed by atoms with Crippen LogP contribution in [0.1, 0.15) is 19.5 Å². The molecule has 0 amide bonds. The Bertz CT molecular complexity index is 409. The average molecular weight is 260 g/mol. The topological polar surface area (TPSA) is 63.3 Å². The van der Waals surface area contributed by atoms with E-state index in [1.807, 2.05) is 13.8 Å². The van der Waals surface area contributed by atoms with Gasteiger partial charge in [0.2, 0.25) is 0 Å². The van der Waals surface area contributed by atoms with Crippen molar-refractivity contribution < 1.29 is 13.2 Å². The highest BCUT2D eigenvalue weighted by Gasteiger charge is 2.31. The quantitative estimate of drug-likeness (QED) is 0.648. The van der Waals surface area contributed by atoms with E-state index in [4.69, 9.17) is 5.73 Å². The number of halogens is 3. The highest BCUT2D eigenvalue weighted by molar-refractivity contribution is 5.92. The minimum atomic E-state index is -4.43. The second kappa shape index (κ2) is 5.70. The molecule has 1 heterocycles. The Labute approximate surface area is 103 Å². The van der Waals surface area contributed by atoms with Crippen molar-refractivity contribution in [3.05, 3.63) is 24.0 Å². The lowest BCUT2D eigenvalue weighted by atomic mass is 10.2. The van der Waals surface area contributed by atoms with E-state index >= 15 is 0 Å². The number of aliphatic imine (C=N–C) groups is 1. The van der Waals surface area contributed by atoms with Crippen LogP contribution in [0.25, 0.3) is 0 Å². The molecule has 0 aliphatic carbocycles. The molecule has 7 heteroatoms. The number of pyridine rings is 1. The van der Waals surface area contributed by atoms with Gasteiger partial charge in [0, 0.05) is 6.54 Å². The first-order chi connectivity index (χ1) is 8.29. The van der Waals surface area contributed by atoms with Crippen molar-refractivity contribution in [2.45, 2.75) is 20.0 Å². The third kappa shape index (κ3) is 4.60. The molecule has 0 atom stereocenters. The van der Waals surface area contributed by atoms with Gasteiger partial charge in [-0.15, -0.1) is 0 Å². The maximum Gasteiger partial charge on any atom is 0.433 e. The van der Waals surface area contributed by atoms with Crippen LogP contribution in [0.15, 0.2) is 23.3 Å². The number of alkyl halides is 3. The first-order valence-corrected chi connectivity index (χ1v) is 5.39. The number of rotatable bonds is 3. The van der Waals surface area contributed by atoms with Crippen LogP contribution in [0.5, 0.6) is 0 Å². The van der Waals surface area contributed by atoms with E-state index in [9.17, 15) is 13.2 Å². The molecular formula is C11H15F3N4. The fourth-order valence-corrected chi connectivity index (χ4v) is 1.10. The molecule has 0 aromatic carbocycles. The highest BCUT2D eigenvalue weighted by Crippen LogP contribution is 2.27. The normalized spacial score (nSPS) is 12.9. The molecule has 0 saturated carbocycles. The average Bonchev–Trinajstić information content (AvgIpc) is 2.26. The summed E-state index contributed by atoms with van der Waals surface area (Å²) < 4.78 is 36.8. The van der Waals surface area contributed by atoms with Gasteiger partial charge in [0.05, 0.1) is 11.9 Å².